The van der Waals surface area contributed by atoms with Crippen molar-refractivity contribution in [1.82, 2.24) is 4.90 Å². The molecule has 1 aliphatic rings. The first kappa shape index (κ1) is 16.5. The van der Waals surface area contributed by atoms with E-state index >= 15 is 0 Å². The van der Waals surface area contributed by atoms with Gasteiger partial charge in [0.15, 0.2) is 11.6 Å². The minimum atomic E-state index is -1.77. The van der Waals surface area contributed by atoms with Crippen molar-refractivity contribution in [3.8, 4) is 0 Å². The predicted molar refractivity (Wildman–Crippen MR) is 76.1 cm³/mol. The largest absolute Gasteiger partial charge is 0.369 e. The monoisotopic (exact) mass is 330 g/mol. The number of carbonyl (C=O) groups excluding carboxylic acids is 2. The Morgan fingerprint density at radius 1 is 1.32 bits per heavy atom. The zero-order chi connectivity index (χ0) is 16.3. The third kappa shape index (κ3) is 3.88. The van der Waals surface area contributed by atoms with Crippen LogP contribution in [0.2, 0.25) is 0 Å². The summed E-state index contributed by atoms with van der Waals surface area (Å²) < 4.78 is 38.0. The third-order valence-electron chi connectivity index (χ3n) is 3.58. The summed E-state index contributed by atoms with van der Waals surface area (Å²) in [5, 5.41) is 0. The first-order valence-corrected chi connectivity index (χ1v) is 8.11. The Hall–Kier alpha value is -1.83. The number of carbonyl (C=O) groups is 2. The molecule has 2 N–H and O–H groups in total. The first-order valence-electron chi connectivity index (χ1n) is 6.79. The molecule has 5 nitrogen and oxygen atoms in total. The number of hydrogen-bond donors (Lipinski definition) is 1. The molecule has 2 rings (SSSR count). The summed E-state index contributed by atoms with van der Waals surface area (Å²) >= 11 is 0. The summed E-state index contributed by atoms with van der Waals surface area (Å²) in [5.41, 5.74) is 5.24. The van der Waals surface area contributed by atoms with E-state index in [1.54, 1.807) is 0 Å². The quantitative estimate of drug-likeness (QED) is 0.886. The average Bonchev–Trinajstić information content (AvgIpc) is 2.50. The molecule has 120 valence electrons. The van der Waals surface area contributed by atoms with E-state index in [1.807, 2.05) is 0 Å². The normalized spacial score (nSPS) is 19.7. The van der Waals surface area contributed by atoms with Crippen LogP contribution >= 0.6 is 0 Å². The molecule has 0 aromatic heterocycles. The average molecular weight is 330 g/mol. The van der Waals surface area contributed by atoms with Crippen molar-refractivity contribution in [2.45, 2.75) is 17.7 Å². The molecule has 0 saturated carbocycles. The van der Waals surface area contributed by atoms with E-state index in [-0.39, 0.29) is 17.2 Å². The lowest BCUT2D eigenvalue weighted by atomic mass is 9.97. The Kier molecular flexibility index (Phi) is 5.23. The van der Waals surface area contributed by atoms with Crippen LogP contribution in [0.1, 0.15) is 12.8 Å². The van der Waals surface area contributed by atoms with Gasteiger partial charge in [0.1, 0.15) is 5.75 Å². The van der Waals surface area contributed by atoms with E-state index < -0.39 is 40.2 Å². The van der Waals surface area contributed by atoms with Gasteiger partial charge in [0, 0.05) is 18.0 Å². The number of amides is 2. The summed E-state index contributed by atoms with van der Waals surface area (Å²) in [7, 11) is -1.77. The van der Waals surface area contributed by atoms with E-state index in [0.29, 0.717) is 19.4 Å². The van der Waals surface area contributed by atoms with Gasteiger partial charge in [-0.3, -0.25) is 13.8 Å². The van der Waals surface area contributed by atoms with Gasteiger partial charge >= 0.3 is 0 Å². The topological polar surface area (TPSA) is 80.5 Å². The molecule has 8 heteroatoms. The maximum Gasteiger partial charge on any atom is 0.235 e. The van der Waals surface area contributed by atoms with Gasteiger partial charge in [0.25, 0.3) is 0 Å². The molecule has 1 aromatic carbocycles. The molecule has 1 aromatic rings. The first-order chi connectivity index (χ1) is 10.4. The highest BCUT2D eigenvalue weighted by molar-refractivity contribution is 7.85. The molecule has 2 atom stereocenters. The molecule has 0 aliphatic carbocycles. The highest BCUT2D eigenvalue weighted by Crippen LogP contribution is 2.17. The number of primary amides is 1. The van der Waals surface area contributed by atoms with Gasteiger partial charge in [-0.1, -0.05) is 0 Å². The van der Waals surface area contributed by atoms with Gasteiger partial charge in [-0.25, -0.2) is 8.78 Å². The number of rotatable bonds is 4. The van der Waals surface area contributed by atoms with Gasteiger partial charge in [-0.15, -0.1) is 0 Å². The summed E-state index contributed by atoms with van der Waals surface area (Å²) in [6.07, 6.45) is 1.28. The smallest absolute Gasteiger partial charge is 0.235 e. The number of halogens is 2. The highest BCUT2D eigenvalue weighted by Gasteiger charge is 2.27. The molecule has 1 fully saturated rings. The van der Waals surface area contributed by atoms with Crippen molar-refractivity contribution >= 4 is 22.6 Å². The van der Waals surface area contributed by atoms with E-state index in [2.05, 4.69) is 0 Å². The van der Waals surface area contributed by atoms with Gasteiger partial charge < -0.3 is 10.6 Å². The van der Waals surface area contributed by atoms with Crippen molar-refractivity contribution in [2.24, 2.45) is 11.7 Å². The van der Waals surface area contributed by atoms with Gasteiger partial charge in [0.05, 0.1) is 16.7 Å². The molecule has 0 bridgehead atoms. The second-order valence-electron chi connectivity index (χ2n) is 5.15. The number of likely N-dealkylation sites (tertiary alicyclic amines) is 1. The fraction of sp³-hybridized carbons (Fsp3) is 0.429. The molecule has 0 unspecified atom stereocenters. The van der Waals surface area contributed by atoms with Crippen molar-refractivity contribution in [2.75, 3.05) is 18.8 Å². The molecular formula is C14H16F2N2O3S. The molecule has 2 amide bonds. The fourth-order valence-electron chi connectivity index (χ4n) is 2.34. The van der Waals surface area contributed by atoms with Crippen molar-refractivity contribution in [3.63, 3.8) is 0 Å². The zero-order valence-corrected chi connectivity index (χ0v) is 12.6. The van der Waals surface area contributed by atoms with Crippen LogP contribution in [0.3, 0.4) is 0 Å². The molecule has 1 saturated heterocycles. The Bertz CT molecular complexity index is 624. The lowest BCUT2D eigenvalue weighted by molar-refractivity contribution is -0.132. The van der Waals surface area contributed by atoms with E-state index in [1.165, 1.54) is 11.0 Å². The molecular weight excluding hydrogens is 314 g/mol. The number of piperidine rings is 1. The van der Waals surface area contributed by atoms with Crippen LogP contribution in [-0.4, -0.2) is 39.8 Å². The van der Waals surface area contributed by atoms with E-state index in [9.17, 15) is 22.6 Å². The van der Waals surface area contributed by atoms with Gasteiger partial charge in [-0.2, -0.15) is 0 Å². The molecule has 0 radical (unpaired) electrons. The van der Waals surface area contributed by atoms with Crippen LogP contribution in [0.25, 0.3) is 0 Å². The number of nitrogens with two attached hydrogens (primary N) is 1. The van der Waals surface area contributed by atoms with Crippen LogP contribution in [0.4, 0.5) is 8.78 Å². The standard InChI is InChI=1S/C14H16F2N2O3S/c15-11-4-3-10(6-12(11)16)22(21)8-13(19)18-5-1-2-9(7-18)14(17)20/h3-4,6,9H,1-2,5,7-8H2,(H2,17,20)/t9-,22+/m0/s1. The fourth-order valence-corrected chi connectivity index (χ4v) is 3.37. The van der Waals surface area contributed by atoms with E-state index in [0.717, 1.165) is 12.1 Å². The predicted octanol–water partition coefficient (Wildman–Crippen LogP) is 0.796. The number of hydrogen-bond acceptors (Lipinski definition) is 3. The van der Waals surface area contributed by atoms with Gasteiger partial charge in [-0.05, 0) is 31.0 Å². The highest BCUT2D eigenvalue weighted by atomic mass is 32.2. The lowest BCUT2D eigenvalue weighted by Crippen LogP contribution is -2.45. The third-order valence-corrected chi connectivity index (χ3v) is 4.87. The van der Waals surface area contributed by atoms with Crippen LogP contribution in [-0.2, 0) is 20.4 Å². The Morgan fingerprint density at radius 2 is 2.05 bits per heavy atom. The minimum Gasteiger partial charge on any atom is -0.369 e. The van der Waals surface area contributed by atoms with Crippen molar-refractivity contribution in [1.29, 1.82) is 0 Å². The van der Waals surface area contributed by atoms with Crippen LogP contribution in [0.15, 0.2) is 23.1 Å². The SMILES string of the molecule is NC(=O)[C@H]1CCCN(C(=O)C[S@@](=O)c2ccc(F)c(F)c2)C1. The molecule has 22 heavy (non-hydrogen) atoms. The number of benzene rings is 1. The summed E-state index contributed by atoms with van der Waals surface area (Å²) in [4.78, 5) is 24.8. The Balaban J connectivity index is 2.00. The Labute approximate surface area is 128 Å². The minimum absolute atomic E-state index is 0.0516. The van der Waals surface area contributed by atoms with Crippen LogP contribution in [0, 0.1) is 17.6 Å². The van der Waals surface area contributed by atoms with Crippen LogP contribution in [0.5, 0.6) is 0 Å². The van der Waals surface area contributed by atoms with Gasteiger partial charge in [0.2, 0.25) is 11.8 Å². The number of nitrogens with zero attached hydrogens (tertiary/aromatic N) is 1. The van der Waals surface area contributed by atoms with Crippen LogP contribution < -0.4 is 5.73 Å². The summed E-state index contributed by atoms with van der Waals surface area (Å²) in [5.74, 6) is -3.73. The van der Waals surface area contributed by atoms with Crippen molar-refractivity contribution < 1.29 is 22.6 Å². The molecule has 1 aliphatic heterocycles. The molecule has 1 heterocycles. The zero-order valence-electron chi connectivity index (χ0n) is 11.8. The van der Waals surface area contributed by atoms with E-state index in [4.69, 9.17) is 5.73 Å². The summed E-state index contributed by atoms with van der Waals surface area (Å²) in [6, 6.07) is 2.88. The lowest BCUT2D eigenvalue weighted by Gasteiger charge is -2.31. The second kappa shape index (κ2) is 6.95. The molecule has 0 spiro atoms. The maximum absolute atomic E-state index is 13.1. The van der Waals surface area contributed by atoms with Crippen molar-refractivity contribution in [3.05, 3.63) is 29.8 Å². The summed E-state index contributed by atoms with van der Waals surface area (Å²) in [6.45, 7) is 0.681. The Morgan fingerprint density at radius 3 is 2.68 bits per heavy atom. The maximum atomic E-state index is 13.1. The second-order valence-corrected chi connectivity index (χ2v) is 6.60.